The molecule has 0 bridgehead atoms. The third-order valence-corrected chi connectivity index (χ3v) is 4.00. The number of anilines is 1. The molecule has 0 spiro atoms. The quantitative estimate of drug-likeness (QED) is 0.560. The zero-order valence-corrected chi connectivity index (χ0v) is 13.5. The van der Waals surface area contributed by atoms with E-state index in [1.807, 2.05) is 12.1 Å². The van der Waals surface area contributed by atoms with Gasteiger partial charge in [0.15, 0.2) is 0 Å². The summed E-state index contributed by atoms with van der Waals surface area (Å²) < 4.78 is 0. The van der Waals surface area contributed by atoms with Crippen LogP contribution in [0, 0.1) is 6.92 Å². The van der Waals surface area contributed by atoms with E-state index in [4.69, 9.17) is 0 Å². The minimum Gasteiger partial charge on any atom is -1.00 e. The van der Waals surface area contributed by atoms with Gasteiger partial charge in [-0.15, -0.1) is 0 Å². The highest BCUT2D eigenvalue weighted by molar-refractivity contribution is 6.24. The van der Waals surface area contributed by atoms with Gasteiger partial charge in [0, 0.05) is 11.1 Å². The normalized spacial score (nSPS) is 11.3. The molecule has 114 valence electrons. The zero-order chi connectivity index (χ0) is 14.9. The minimum atomic E-state index is 0. The summed E-state index contributed by atoms with van der Waals surface area (Å²) in [5.74, 6) is 0. The second-order valence-electron chi connectivity index (χ2n) is 5.53. The predicted molar refractivity (Wildman–Crippen MR) is 92.3 cm³/mol. The molecule has 0 atom stereocenters. The van der Waals surface area contributed by atoms with E-state index in [-0.39, 0.29) is 12.4 Å². The fourth-order valence-corrected chi connectivity index (χ4v) is 2.86. The highest BCUT2D eigenvalue weighted by Gasteiger charge is 2.23. The molecule has 3 aromatic rings. The van der Waals surface area contributed by atoms with Gasteiger partial charge in [-0.3, -0.25) is 5.43 Å². The van der Waals surface area contributed by atoms with Gasteiger partial charge in [0.1, 0.15) is 0 Å². The number of rotatable bonds is 2. The molecule has 0 heterocycles. The van der Waals surface area contributed by atoms with Gasteiger partial charge in [0.2, 0.25) is 0 Å². The van der Waals surface area contributed by atoms with Crippen molar-refractivity contribution in [2.45, 2.75) is 6.92 Å². The molecule has 0 saturated heterocycles. The van der Waals surface area contributed by atoms with Crippen LogP contribution >= 0.6 is 0 Å². The van der Waals surface area contributed by atoms with Crippen molar-refractivity contribution in [1.29, 1.82) is 0 Å². The first kappa shape index (κ1) is 15.3. The van der Waals surface area contributed by atoms with Gasteiger partial charge in [-0.25, -0.2) is 0 Å². The summed E-state index contributed by atoms with van der Waals surface area (Å²) in [6, 6.07) is 25.1. The Kier molecular flexibility index (Phi) is 4.18. The van der Waals surface area contributed by atoms with Gasteiger partial charge in [-0.05, 0) is 30.2 Å². The van der Waals surface area contributed by atoms with Crippen LogP contribution in [0.15, 0.2) is 77.9 Å². The molecule has 0 saturated carbocycles. The Labute approximate surface area is 142 Å². The minimum absolute atomic E-state index is 0. The topological polar surface area (TPSA) is 24.4 Å². The van der Waals surface area contributed by atoms with Crippen molar-refractivity contribution in [3.8, 4) is 11.1 Å². The van der Waals surface area contributed by atoms with Gasteiger partial charge < -0.3 is 12.4 Å². The van der Waals surface area contributed by atoms with E-state index in [9.17, 15) is 0 Å². The molecular weight excluding hydrogens is 304 g/mol. The molecule has 0 amide bonds. The Morgan fingerprint density at radius 1 is 0.652 bits per heavy atom. The number of hydrogen-bond donors (Lipinski definition) is 1. The number of hydrazone groups is 1. The Morgan fingerprint density at radius 3 is 1.65 bits per heavy atom. The van der Waals surface area contributed by atoms with Crippen molar-refractivity contribution >= 4 is 11.4 Å². The van der Waals surface area contributed by atoms with Crippen molar-refractivity contribution < 1.29 is 12.4 Å². The summed E-state index contributed by atoms with van der Waals surface area (Å²) in [5.41, 5.74) is 11.3. The fourth-order valence-electron chi connectivity index (χ4n) is 2.86. The second-order valence-corrected chi connectivity index (χ2v) is 5.53. The van der Waals surface area contributed by atoms with Crippen molar-refractivity contribution in [2.24, 2.45) is 5.10 Å². The van der Waals surface area contributed by atoms with Crippen molar-refractivity contribution in [3.63, 3.8) is 0 Å². The van der Waals surface area contributed by atoms with Gasteiger partial charge in [-0.2, -0.15) is 5.10 Å². The van der Waals surface area contributed by atoms with Crippen LogP contribution in [0.5, 0.6) is 0 Å². The molecule has 0 unspecified atom stereocenters. The third kappa shape index (κ3) is 2.73. The summed E-state index contributed by atoms with van der Waals surface area (Å²) in [5, 5.41) is 4.67. The van der Waals surface area contributed by atoms with Gasteiger partial charge in [0.25, 0.3) is 0 Å². The van der Waals surface area contributed by atoms with E-state index >= 15 is 0 Å². The smallest absolute Gasteiger partial charge is 0.0990 e. The molecule has 1 aliphatic rings. The van der Waals surface area contributed by atoms with Crippen LogP contribution in [-0.4, -0.2) is 5.71 Å². The lowest BCUT2D eigenvalue weighted by molar-refractivity contribution is -0.00000429. The first-order valence-corrected chi connectivity index (χ1v) is 7.42. The van der Waals surface area contributed by atoms with Crippen LogP contribution in [0.2, 0.25) is 0 Å². The number of halogens is 1. The monoisotopic (exact) mass is 319 g/mol. The van der Waals surface area contributed by atoms with Crippen molar-refractivity contribution in [1.82, 2.24) is 0 Å². The summed E-state index contributed by atoms with van der Waals surface area (Å²) in [6.07, 6.45) is 0. The lowest BCUT2D eigenvalue weighted by Gasteiger charge is -2.04. The summed E-state index contributed by atoms with van der Waals surface area (Å²) in [6.45, 7) is 2.08. The van der Waals surface area contributed by atoms with Crippen LogP contribution in [0.25, 0.3) is 11.1 Å². The number of nitrogens with one attached hydrogen (secondary N) is 1. The van der Waals surface area contributed by atoms with E-state index < -0.39 is 0 Å². The van der Waals surface area contributed by atoms with E-state index in [1.54, 1.807) is 0 Å². The van der Waals surface area contributed by atoms with Crippen LogP contribution < -0.4 is 17.8 Å². The lowest BCUT2D eigenvalue weighted by atomic mass is 10.1. The largest absolute Gasteiger partial charge is 1.00 e. The molecular formula is C20H16ClN2-. The maximum absolute atomic E-state index is 4.67. The van der Waals surface area contributed by atoms with E-state index in [2.05, 4.69) is 78.1 Å². The average molecular weight is 320 g/mol. The molecule has 3 heteroatoms. The first-order valence-electron chi connectivity index (χ1n) is 7.42. The second kappa shape index (κ2) is 6.27. The van der Waals surface area contributed by atoms with E-state index in [0.29, 0.717) is 0 Å². The molecule has 4 rings (SSSR count). The molecule has 3 aromatic carbocycles. The van der Waals surface area contributed by atoms with E-state index in [1.165, 1.54) is 27.8 Å². The van der Waals surface area contributed by atoms with Crippen LogP contribution in [0.4, 0.5) is 5.69 Å². The highest BCUT2D eigenvalue weighted by atomic mass is 35.5. The number of hydrogen-bond acceptors (Lipinski definition) is 2. The average Bonchev–Trinajstić information content (AvgIpc) is 2.89. The van der Waals surface area contributed by atoms with Crippen LogP contribution in [0.1, 0.15) is 16.7 Å². The predicted octanol–water partition coefficient (Wildman–Crippen LogP) is 1.84. The Bertz CT molecular complexity index is 819. The van der Waals surface area contributed by atoms with Crippen LogP contribution in [0.3, 0.4) is 0 Å². The maximum Gasteiger partial charge on any atom is 0.0990 e. The molecule has 0 radical (unpaired) electrons. The maximum atomic E-state index is 4.67. The SMILES string of the molecule is Cc1ccc(NN=C2c3ccccc3-c3ccccc32)cc1.[Cl-]. The van der Waals surface area contributed by atoms with Crippen molar-refractivity contribution in [3.05, 3.63) is 89.5 Å². The molecule has 23 heavy (non-hydrogen) atoms. The Balaban J connectivity index is 0.00000156. The standard InChI is InChI=1S/C20H16N2.ClH/c1-14-10-12-15(13-11-14)21-22-20-18-8-4-2-6-16(18)17-7-3-5-9-19(17)20;/h2-13,21H,1H3;1H/p-1. The van der Waals surface area contributed by atoms with Gasteiger partial charge in [-0.1, -0.05) is 66.2 Å². The lowest BCUT2D eigenvalue weighted by Crippen LogP contribution is -3.00. The fraction of sp³-hybridized carbons (Fsp3) is 0.0500. The number of fused-ring (bicyclic) bond motifs is 3. The molecule has 2 nitrogen and oxygen atoms in total. The third-order valence-electron chi connectivity index (χ3n) is 4.00. The molecule has 1 N–H and O–H groups in total. The van der Waals surface area contributed by atoms with Gasteiger partial charge >= 0.3 is 0 Å². The summed E-state index contributed by atoms with van der Waals surface area (Å²) in [7, 11) is 0. The number of nitrogens with zero attached hydrogens (tertiary/aromatic N) is 1. The molecule has 1 aliphatic carbocycles. The summed E-state index contributed by atoms with van der Waals surface area (Å²) >= 11 is 0. The number of aryl methyl sites for hydroxylation is 1. The van der Waals surface area contributed by atoms with Crippen molar-refractivity contribution in [2.75, 3.05) is 5.43 Å². The Morgan fingerprint density at radius 2 is 1.13 bits per heavy atom. The van der Waals surface area contributed by atoms with Crippen LogP contribution in [-0.2, 0) is 0 Å². The molecule has 0 fully saturated rings. The number of benzene rings is 3. The van der Waals surface area contributed by atoms with Gasteiger partial charge in [0.05, 0.1) is 11.4 Å². The molecule has 0 aromatic heterocycles. The zero-order valence-electron chi connectivity index (χ0n) is 12.8. The molecule has 0 aliphatic heterocycles. The highest BCUT2D eigenvalue weighted by Crippen LogP contribution is 2.36. The summed E-state index contributed by atoms with van der Waals surface area (Å²) in [4.78, 5) is 0. The van der Waals surface area contributed by atoms with E-state index in [0.717, 1.165) is 11.4 Å². The first-order chi connectivity index (χ1) is 10.8. The Hall–Kier alpha value is -2.58.